The lowest BCUT2D eigenvalue weighted by atomic mass is 10.1. The zero-order valence-corrected chi connectivity index (χ0v) is 19.9. The van der Waals surface area contributed by atoms with E-state index in [0.717, 1.165) is 27.4 Å². The number of piperazine rings is 1. The highest BCUT2D eigenvalue weighted by atomic mass is 32.2. The van der Waals surface area contributed by atoms with Crippen molar-refractivity contribution in [1.82, 2.24) is 19.4 Å². The first kappa shape index (κ1) is 23.7. The van der Waals surface area contributed by atoms with Gasteiger partial charge in [-0.1, -0.05) is 42.1 Å². The van der Waals surface area contributed by atoms with Crippen molar-refractivity contribution in [2.75, 3.05) is 45.0 Å². The Bertz CT molecular complexity index is 1160. The molecular weight excluding hydrogens is 464 g/mol. The summed E-state index contributed by atoms with van der Waals surface area (Å²) in [4.78, 5) is 39.1. The average Bonchev–Trinajstić information content (AvgIpc) is 3.15. The van der Waals surface area contributed by atoms with E-state index in [2.05, 4.69) is 5.32 Å². The Kier molecular flexibility index (Phi) is 7.03. The van der Waals surface area contributed by atoms with Crippen LogP contribution >= 0.6 is 11.8 Å². The van der Waals surface area contributed by atoms with Gasteiger partial charge in [-0.15, -0.1) is 0 Å². The number of rotatable bonds is 7. The molecule has 0 aliphatic carbocycles. The molecule has 3 amide bonds. The van der Waals surface area contributed by atoms with Crippen molar-refractivity contribution in [2.45, 2.75) is 17.9 Å². The van der Waals surface area contributed by atoms with Gasteiger partial charge in [0.1, 0.15) is 0 Å². The molecule has 2 aliphatic heterocycles. The zero-order valence-electron chi connectivity index (χ0n) is 18.3. The van der Waals surface area contributed by atoms with Gasteiger partial charge in [-0.2, -0.15) is 4.31 Å². The summed E-state index contributed by atoms with van der Waals surface area (Å²) in [5.74, 6) is -0.307. The van der Waals surface area contributed by atoms with E-state index in [1.54, 1.807) is 19.1 Å². The number of hydrogen-bond donors (Lipinski definition) is 1. The fourth-order valence-corrected chi connectivity index (χ4v) is 6.22. The van der Waals surface area contributed by atoms with Gasteiger partial charge in [0.15, 0.2) is 0 Å². The number of thioether (sulfide) groups is 1. The van der Waals surface area contributed by atoms with Crippen LogP contribution in [0.1, 0.15) is 6.92 Å². The second-order valence-electron chi connectivity index (χ2n) is 8.02. The van der Waals surface area contributed by atoms with E-state index in [1.807, 2.05) is 35.2 Å². The molecule has 0 bridgehead atoms. The van der Waals surface area contributed by atoms with E-state index >= 15 is 0 Å². The lowest BCUT2D eigenvalue weighted by molar-refractivity contribution is -0.128. The summed E-state index contributed by atoms with van der Waals surface area (Å²) in [5, 5.41) is 4.34. The number of carbonyl (C=O) groups excluding carboxylic acids is 3. The Morgan fingerprint density at radius 1 is 1.06 bits per heavy atom. The number of amides is 3. The van der Waals surface area contributed by atoms with Gasteiger partial charge in [0.25, 0.3) is 5.24 Å². The van der Waals surface area contributed by atoms with Crippen molar-refractivity contribution in [3.05, 3.63) is 42.5 Å². The molecule has 9 nitrogen and oxygen atoms in total. The summed E-state index contributed by atoms with van der Waals surface area (Å²) < 4.78 is 27.7. The van der Waals surface area contributed by atoms with Crippen molar-refractivity contribution in [1.29, 1.82) is 0 Å². The zero-order chi connectivity index (χ0) is 23.6. The third-order valence-corrected chi connectivity index (χ3v) is 8.79. The maximum atomic E-state index is 13.1. The van der Waals surface area contributed by atoms with Crippen LogP contribution in [0.25, 0.3) is 10.8 Å². The van der Waals surface area contributed by atoms with Crippen LogP contribution in [0.3, 0.4) is 0 Å². The molecule has 2 heterocycles. The number of hydrogen-bond acceptors (Lipinski definition) is 7. The summed E-state index contributed by atoms with van der Waals surface area (Å²) in [7, 11) is -3.62. The topological polar surface area (TPSA) is 107 Å². The molecule has 0 aromatic heterocycles. The Labute approximate surface area is 197 Å². The Morgan fingerprint density at radius 3 is 2.42 bits per heavy atom. The van der Waals surface area contributed by atoms with Crippen LogP contribution in [-0.4, -0.2) is 90.6 Å². The molecule has 0 saturated carbocycles. The maximum Gasteiger partial charge on any atom is 0.288 e. The van der Waals surface area contributed by atoms with Crippen molar-refractivity contribution >= 4 is 49.6 Å². The summed E-state index contributed by atoms with van der Waals surface area (Å²) in [6.45, 7) is 3.56. The highest BCUT2D eigenvalue weighted by Gasteiger charge is 2.32. The van der Waals surface area contributed by atoms with E-state index in [9.17, 15) is 22.8 Å². The molecule has 11 heteroatoms. The number of sulfonamides is 1. The fourth-order valence-electron chi connectivity index (χ4n) is 4.01. The highest BCUT2D eigenvalue weighted by molar-refractivity contribution is 8.14. The van der Waals surface area contributed by atoms with E-state index in [4.69, 9.17) is 0 Å². The van der Waals surface area contributed by atoms with Crippen LogP contribution in [0.15, 0.2) is 47.4 Å². The van der Waals surface area contributed by atoms with Gasteiger partial charge in [-0.3, -0.25) is 24.2 Å². The monoisotopic (exact) mass is 490 g/mol. The number of nitrogens with one attached hydrogen (secondary N) is 1. The predicted octanol–water partition coefficient (Wildman–Crippen LogP) is 1.35. The normalized spacial score (nSPS) is 19.2. The molecule has 4 rings (SSSR count). The van der Waals surface area contributed by atoms with Crippen LogP contribution < -0.4 is 5.32 Å². The van der Waals surface area contributed by atoms with Crippen LogP contribution in [0.2, 0.25) is 0 Å². The molecule has 2 aromatic rings. The minimum absolute atomic E-state index is 0.148. The summed E-state index contributed by atoms with van der Waals surface area (Å²) in [5.41, 5.74) is 0. The quantitative estimate of drug-likeness (QED) is 0.624. The smallest absolute Gasteiger partial charge is 0.288 e. The second kappa shape index (κ2) is 9.80. The van der Waals surface area contributed by atoms with Crippen molar-refractivity contribution in [3.63, 3.8) is 0 Å². The molecule has 1 atom stereocenters. The molecule has 2 aliphatic rings. The van der Waals surface area contributed by atoms with Gasteiger partial charge in [-0.05, 0) is 29.8 Å². The van der Waals surface area contributed by atoms with Crippen LogP contribution in [-0.2, 0) is 19.6 Å². The minimum Gasteiger partial charge on any atom is -0.353 e. The first-order chi connectivity index (χ1) is 15.8. The summed E-state index contributed by atoms with van der Waals surface area (Å²) in [6.07, 6.45) is 0. The third kappa shape index (κ3) is 5.06. The minimum atomic E-state index is -3.62. The number of imide groups is 1. The fraction of sp³-hybridized carbons (Fsp3) is 0.409. The van der Waals surface area contributed by atoms with Crippen molar-refractivity contribution in [2.24, 2.45) is 0 Å². The Balaban J connectivity index is 1.30. The van der Waals surface area contributed by atoms with Crippen LogP contribution in [0.5, 0.6) is 0 Å². The molecule has 0 unspecified atom stereocenters. The first-order valence-corrected chi connectivity index (χ1v) is 13.2. The maximum absolute atomic E-state index is 13.1. The molecule has 176 valence electrons. The molecule has 0 radical (unpaired) electrons. The molecule has 2 saturated heterocycles. The molecule has 1 N–H and O–H groups in total. The molecule has 2 aromatic carbocycles. The molecule has 2 fully saturated rings. The Hall–Kier alpha value is -2.47. The molecule has 33 heavy (non-hydrogen) atoms. The van der Waals surface area contributed by atoms with Crippen molar-refractivity contribution < 1.29 is 22.8 Å². The number of fused-ring (bicyclic) bond motifs is 1. The third-order valence-electron chi connectivity index (χ3n) is 6.03. The lowest BCUT2D eigenvalue weighted by Crippen LogP contribution is -2.55. The number of nitrogens with zero attached hydrogens (tertiary/aromatic N) is 3. The van der Waals surface area contributed by atoms with Gasteiger partial charge >= 0.3 is 0 Å². The van der Waals surface area contributed by atoms with Crippen LogP contribution in [0.4, 0.5) is 4.79 Å². The van der Waals surface area contributed by atoms with E-state index < -0.39 is 16.1 Å². The number of carbonyl (C=O) groups is 3. The summed E-state index contributed by atoms with van der Waals surface area (Å²) >= 11 is 0.965. The van der Waals surface area contributed by atoms with E-state index in [1.165, 1.54) is 4.31 Å². The first-order valence-electron chi connectivity index (χ1n) is 10.8. The average molecular weight is 491 g/mol. The van der Waals surface area contributed by atoms with Gasteiger partial charge in [0.2, 0.25) is 21.8 Å². The SMILES string of the molecule is C[C@H](C(=O)NCCN1C(=O)CSC1=O)N1CCN(S(=O)(=O)c2ccc3ccccc3c2)CC1. The van der Waals surface area contributed by atoms with Crippen LogP contribution in [0, 0.1) is 0 Å². The predicted molar refractivity (Wildman–Crippen MR) is 126 cm³/mol. The van der Waals surface area contributed by atoms with Crippen molar-refractivity contribution in [3.8, 4) is 0 Å². The summed E-state index contributed by atoms with van der Waals surface area (Å²) in [6, 6.07) is 12.3. The highest BCUT2D eigenvalue weighted by Crippen LogP contribution is 2.23. The largest absolute Gasteiger partial charge is 0.353 e. The van der Waals surface area contributed by atoms with E-state index in [-0.39, 0.29) is 40.8 Å². The van der Waals surface area contributed by atoms with E-state index in [0.29, 0.717) is 26.2 Å². The molecule has 0 spiro atoms. The molecular formula is C22H26N4O5S2. The standard InChI is InChI=1S/C22H26N4O5S2/c1-16(21(28)23-8-9-26-20(27)15-32-22(26)29)24-10-12-25(13-11-24)33(30,31)19-7-6-17-4-2-3-5-18(17)14-19/h2-7,14,16H,8-13,15H2,1H3,(H,23,28)/t16-/m1/s1. The van der Waals surface area contributed by atoms with Gasteiger partial charge in [0.05, 0.1) is 16.7 Å². The van der Waals surface area contributed by atoms with Gasteiger partial charge in [0, 0.05) is 39.3 Å². The lowest BCUT2D eigenvalue weighted by Gasteiger charge is -2.36. The van der Waals surface area contributed by atoms with Gasteiger partial charge < -0.3 is 5.32 Å². The number of benzene rings is 2. The van der Waals surface area contributed by atoms with Gasteiger partial charge in [-0.25, -0.2) is 8.42 Å². The Morgan fingerprint density at radius 2 is 1.76 bits per heavy atom. The second-order valence-corrected chi connectivity index (χ2v) is 10.9.